The molecule has 1 aliphatic rings. The van der Waals surface area contributed by atoms with Crippen LogP contribution in [0.3, 0.4) is 0 Å². The number of carbonyl (C=O) groups is 1. The van der Waals surface area contributed by atoms with Crippen molar-refractivity contribution in [1.82, 2.24) is 10.6 Å². The molecule has 0 radical (unpaired) electrons. The van der Waals surface area contributed by atoms with Crippen molar-refractivity contribution in [2.45, 2.75) is 38.1 Å². The summed E-state index contributed by atoms with van der Waals surface area (Å²) in [6, 6.07) is 5.93. The Bertz CT molecular complexity index is 485. The molecule has 22 heavy (non-hydrogen) atoms. The molecule has 0 aliphatic carbocycles. The maximum atomic E-state index is 12.0. The lowest BCUT2D eigenvalue weighted by atomic mass is 10.0. The molecule has 1 atom stereocenters. The molecule has 122 valence electrons. The fraction of sp³-hybridized carbons (Fsp3) is 0.588. The Morgan fingerprint density at radius 1 is 1.27 bits per heavy atom. The van der Waals surface area contributed by atoms with Crippen LogP contribution in [0.2, 0.25) is 0 Å². The van der Waals surface area contributed by atoms with E-state index in [0.717, 1.165) is 43.7 Å². The number of carbonyl (C=O) groups excluding carboxylic acids is 1. The number of nitrogens with one attached hydrogen (secondary N) is 2. The highest BCUT2D eigenvalue weighted by atomic mass is 16.5. The molecule has 2 N–H and O–H groups in total. The van der Waals surface area contributed by atoms with Crippen LogP contribution in [0.15, 0.2) is 18.2 Å². The van der Waals surface area contributed by atoms with Gasteiger partial charge in [-0.1, -0.05) is 12.5 Å². The van der Waals surface area contributed by atoms with E-state index in [1.807, 2.05) is 18.2 Å². The predicted molar refractivity (Wildman–Crippen MR) is 86.5 cm³/mol. The van der Waals surface area contributed by atoms with E-state index in [1.165, 1.54) is 12.0 Å². The first-order chi connectivity index (χ1) is 10.7. The average Bonchev–Trinajstić information content (AvgIpc) is 2.59. The molecule has 1 saturated heterocycles. The fourth-order valence-corrected chi connectivity index (χ4v) is 2.74. The summed E-state index contributed by atoms with van der Waals surface area (Å²) >= 11 is 0. The van der Waals surface area contributed by atoms with Crippen molar-refractivity contribution < 1.29 is 14.3 Å². The molecule has 5 heteroatoms. The van der Waals surface area contributed by atoms with Crippen molar-refractivity contribution in [1.29, 1.82) is 0 Å². The zero-order valence-electron chi connectivity index (χ0n) is 13.5. The highest BCUT2D eigenvalue weighted by Crippen LogP contribution is 2.27. The van der Waals surface area contributed by atoms with Crippen molar-refractivity contribution in [3.63, 3.8) is 0 Å². The third-order valence-corrected chi connectivity index (χ3v) is 4.02. The van der Waals surface area contributed by atoms with E-state index in [-0.39, 0.29) is 11.9 Å². The quantitative estimate of drug-likeness (QED) is 0.755. The van der Waals surface area contributed by atoms with E-state index in [2.05, 4.69) is 10.6 Å². The Morgan fingerprint density at radius 3 is 2.77 bits per heavy atom. The van der Waals surface area contributed by atoms with Gasteiger partial charge in [0.25, 0.3) is 0 Å². The van der Waals surface area contributed by atoms with Gasteiger partial charge in [-0.2, -0.15) is 0 Å². The van der Waals surface area contributed by atoms with Crippen molar-refractivity contribution in [3.05, 3.63) is 23.8 Å². The van der Waals surface area contributed by atoms with Gasteiger partial charge in [-0.25, -0.2) is 0 Å². The lowest BCUT2D eigenvalue weighted by molar-refractivity contribution is -0.123. The van der Waals surface area contributed by atoms with E-state index < -0.39 is 0 Å². The van der Waals surface area contributed by atoms with Crippen molar-refractivity contribution >= 4 is 5.91 Å². The van der Waals surface area contributed by atoms with Crippen LogP contribution in [-0.2, 0) is 11.2 Å². The smallest absolute Gasteiger partial charge is 0.237 e. The van der Waals surface area contributed by atoms with Gasteiger partial charge in [0.1, 0.15) is 0 Å². The molecule has 0 bridgehead atoms. The van der Waals surface area contributed by atoms with E-state index >= 15 is 0 Å². The van der Waals surface area contributed by atoms with Crippen LogP contribution in [0.5, 0.6) is 11.5 Å². The van der Waals surface area contributed by atoms with Crippen LogP contribution in [-0.4, -0.2) is 39.3 Å². The zero-order valence-corrected chi connectivity index (χ0v) is 13.5. The summed E-state index contributed by atoms with van der Waals surface area (Å²) in [6.45, 7) is 1.65. The molecule has 1 aliphatic heterocycles. The normalized spacial score (nSPS) is 17.8. The van der Waals surface area contributed by atoms with E-state index in [0.29, 0.717) is 6.54 Å². The van der Waals surface area contributed by atoms with Gasteiger partial charge in [0.15, 0.2) is 11.5 Å². The number of benzene rings is 1. The summed E-state index contributed by atoms with van der Waals surface area (Å²) in [5, 5.41) is 6.28. The van der Waals surface area contributed by atoms with Gasteiger partial charge in [-0.05, 0) is 49.9 Å². The Morgan fingerprint density at radius 2 is 2.09 bits per heavy atom. The molecule has 0 saturated carbocycles. The van der Waals surface area contributed by atoms with Crippen LogP contribution < -0.4 is 20.1 Å². The molecular weight excluding hydrogens is 280 g/mol. The van der Waals surface area contributed by atoms with E-state index in [1.54, 1.807) is 14.2 Å². The molecule has 5 nitrogen and oxygen atoms in total. The third kappa shape index (κ3) is 4.63. The fourth-order valence-electron chi connectivity index (χ4n) is 2.74. The summed E-state index contributed by atoms with van der Waals surface area (Å²) in [6.07, 6.45) is 5.06. The second-order valence-corrected chi connectivity index (χ2v) is 5.59. The van der Waals surface area contributed by atoms with Gasteiger partial charge in [0.2, 0.25) is 5.91 Å². The summed E-state index contributed by atoms with van der Waals surface area (Å²) in [7, 11) is 3.27. The van der Waals surface area contributed by atoms with Crippen LogP contribution >= 0.6 is 0 Å². The van der Waals surface area contributed by atoms with Gasteiger partial charge >= 0.3 is 0 Å². The molecule has 1 heterocycles. The average molecular weight is 306 g/mol. The Labute approximate surface area is 132 Å². The summed E-state index contributed by atoms with van der Waals surface area (Å²) in [5.74, 6) is 1.62. The molecule has 1 unspecified atom stereocenters. The lowest BCUT2D eigenvalue weighted by Crippen LogP contribution is -2.46. The first-order valence-corrected chi connectivity index (χ1v) is 7.96. The number of methoxy groups -OCH3 is 2. The number of hydrogen-bond acceptors (Lipinski definition) is 4. The Hall–Kier alpha value is -1.75. The minimum atomic E-state index is -0.00479. The molecular formula is C17H26N2O3. The third-order valence-electron chi connectivity index (χ3n) is 4.02. The second-order valence-electron chi connectivity index (χ2n) is 5.59. The van der Waals surface area contributed by atoms with Gasteiger partial charge < -0.3 is 20.1 Å². The number of amides is 1. The molecule has 0 spiro atoms. The largest absolute Gasteiger partial charge is 0.493 e. The Kier molecular flexibility index (Phi) is 6.52. The highest BCUT2D eigenvalue weighted by molar-refractivity contribution is 5.81. The monoisotopic (exact) mass is 306 g/mol. The minimum Gasteiger partial charge on any atom is -0.493 e. The number of aryl methyl sites for hydroxylation is 1. The topological polar surface area (TPSA) is 59.6 Å². The molecule has 1 fully saturated rings. The standard InChI is InChI=1S/C17H26N2O3/c1-21-15-9-8-13(12-16(15)22-2)6-5-11-19-17(20)14-7-3-4-10-18-14/h8-9,12,14,18H,3-7,10-11H2,1-2H3,(H,19,20). The van der Waals surface area contributed by atoms with Crippen LogP contribution in [0.25, 0.3) is 0 Å². The summed E-state index contributed by atoms with van der Waals surface area (Å²) in [5.41, 5.74) is 1.18. The maximum absolute atomic E-state index is 12.0. The SMILES string of the molecule is COc1ccc(CCCNC(=O)C2CCCCN2)cc1OC. The van der Waals surface area contributed by atoms with Crippen molar-refractivity contribution in [3.8, 4) is 11.5 Å². The molecule has 1 aromatic carbocycles. The molecule has 2 rings (SSSR count). The molecule has 1 amide bonds. The predicted octanol–water partition coefficient (Wildman–Crippen LogP) is 1.89. The first-order valence-electron chi connectivity index (χ1n) is 7.96. The second kappa shape index (κ2) is 8.63. The van der Waals surface area contributed by atoms with Crippen LogP contribution in [0, 0.1) is 0 Å². The summed E-state index contributed by atoms with van der Waals surface area (Å²) < 4.78 is 10.5. The lowest BCUT2D eigenvalue weighted by Gasteiger charge is -2.22. The molecule has 0 aromatic heterocycles. The number of piperidine rings is 1. The minimum absolute atomic E-state index is 0.00479. The number of ether oxygens (including phenoxy) is 2. The van der Waals surface area contributed by atoms with Gasteiger partial charge in [-0.3, -0.25) is 4.79 Å². The highest BCUT2D eigenvalue weighted by Gasteiger charge is 2.19. The van der Waals surface area contributed by atoms with Gasteiger partial charge in [0, 0.05) is 6.54 Å². The van der Waals surface area contributed by atoms with Crippen LogP contribution in [0.4, 0.5) is 0 Å². The number of rotatable bonds is 7. The summed E-state index contributed by atoms with van der Waals surface area (Å²) in [4.78, 5) is 12.0. The number of hydrogen-bond donors (Lipinski definition) is 2. The van der Waals surface area contributed by atoms with Gasteiger partial charge in [0.05, 0.1) is 20.3 Å². The van der Waals surface area contributed by atoms with E-state index in [9.17, 15) is 4.79 Å². The van der Waals surface area contributed by atoms with Crippen molar-refractivity contribution in [2.24, 2.45) is 0 Å². The zero-order chi connectivity index (χ0) is 15.8. The van der Waals surface area contributed by atoms with Crippen molar-refractivity contribution in [2.75, 3.05) is 27.3 Å². The first kappa shape index (κ1) is 16.6. The van der Waals surface area contributed by atoms with Gasteiger partial charge in [-0.15, -0.1) is 0 Å². The Balaban J connectivity index is 1.73. The maximum Gasteiger partial charge on any atom is 0.237 e. The van der Waals surface area contributed by atoms with Crippen LogP contribution in [0.1, 0.15) is 31.2 Å². The molecule has 1 aromatic rings. The van der Waals surface area contributed by atoms with E-state index in [4.69, 9.17) is 9.47 Å².